The quantitative estimate of drug-likeness (QED) is 0.656. The predicted molar refractivity (Wildman–Crippen MR) is 120 cm³/mol. The number of nitrogens with zero attached hydrogens (tertiary/aromatic N) is 1. The van der Waals surface area contributed by atoms with E-state index in [0.29, 0.717) is 24.3 Å². The number of hydrogen-bond donors (Lipinski definition) is 2. The molecule has 2 aromatic carbocycles. The van der Waals surface area contributed by atoms with E-state index in [0.717, 1.165) is 10.2 Å². The Morgan fingerprint density at radius 2 is 1.87 bits per heavy atom. The van der Waals surface area contributed by atoms with Crippen molar-refractivity contribution in [2.45, 2.75) is 30.3 Å². The van der Waals surface area contributed by atoms with Crippen LogP contribution in [0.2, 0.25) is 0 Å². The highest BCUT2D eigenvalue weighted by molar-refractivity contribution is 9.10. The summed E-state index contributed by atoms with van der Waals surface area (Å²) in [5.74, 6) is 0.907. The van der Waals surface area contributed by atoms with E-state index >= 15 is 0 Å². The Kier molecular flexibility index (Phi) is 6.43. The Bertz CT molecular complexity index is 938. The third-order valence-corrected chi connectivity index (χ3v) is 6.97. The van der Waals surface area contributed by atoms with Gasteiger partial charge < -0.3 is 15.5 Å². The predicted octanol–water partition coefficient (Wildman–Crippen LogP) is 2.58. The van der Waals surface area contributed by atoms with Gasteiger partial charge >= 0.3 is 0 Å². The molecule has 156 valence electrons. The van der Waals surface area contributed by atoms with E-state index in [9.17, 15) is 14.4 Å². The maximum Gasteiger partial charge on any atom is 0.251 e. The lowest BCUT2D eigenvalue weighted by Crippen LogP contribution is -2.61. The zero-order valence-electron chi connectivity index (χ0n) is 16.2. The highest BCUT2D eigenvalue weighted by Gasteiger charge is 2.46. The van der Waals surface area contributed by atoms with E-state index < -0.39 is 12.1 Å². The molecule has 8 heteroatoms. The van der Waals surface area contributed by atoms with Crippen molar-refractivity contribution in [2.75, 3.05) is 12.3 Å². The van der Waals surface area contributed by atoms with Gasteiger partial charge in [0.25, 0.3) is 5.91 Å². The first-order valence-corrected chi connectivity index (χ1v) is 11.7. The van der Waals surface area contributed by atoms with Crippen LogP contribution in [0, 0.1) is 0 Å². The second kappa shape index (κ2) is 9.22. The van der Waals surface area contributed by atoms with Crippen molar-refractivity contribution >= 4 is 45.4 Å². The topological polar surface area (TPSA) is 78.5 Å². The monoisotopic (exact) mass is 487 g/mol. The molecule has 6 nitrogen and oxygen atoms in total. The Morgan fingerprint density at radius 3 is 2.60 bits per heavy atom. The van der Waals surface area contributed by atoms with Gasteiger partial charge in [-0.25, -0.2) is 0 Å². The van der Waals surface area contributed by atoms with Gasteiger partial charge in [-0.2, -0.15) is 11.8 Å². The Balaban J connectivity index is 1.33. The summed E-state index contributed by atoms with van der Waals surface area (Å²) < 4.78 is 0.899. The second-order valence-electron chi connectivity index (χ2n) is 7.48. The summed E-state index contributed by atoms with van der Waals surface area (Å²) >= 11 is 4.98. The first-order chi connectivity index (χ1) is 14.5. The molecular weight excluding hydrogens is 466 g/mol. The fourth-order valence-corrected chi connectivity index (χ4v) is 5.09. The van der Waals surface area contributed by atoms with Crippen LogP contribution in [0.3, 0.4) is 0 Å². The summed E-state index contributed by atoms with van der Waals surface area (Å²) in [5.41, 5.74) is 1.74. The molecule has 0 bridgehead atoms. The molecule has 2 aliphatic rings. The number of halogens is 1. The summed E-state index contributed by atoms with van der Waals surface area (Å²) in [6.45, 7) is 0.360. The average Bonchev–Trinajstić information content (AvgIpc) is 3.17. The fourth-order valence-electron chi connectivity index (χ4n) is 3.81. The van der Waals surface area contributed by atoms with Crippen molar-refractivity contribution in [1.29, 1.82) is 0 Å². The minimum Gasteiger partial charge on any atom is -0.347 e. The summed E-state index contributed by atoms with van der Waals surface area (Å²) in [5, 5.41) is 5.83. The van der Waals surface area contributed by atoms with Crippen molar-refractivity contribution in [2.24, 2.45) is 0 Å². The van der Waals surface area contributed by atoms with Crippen LogP contribution in [0.1, 0.15) is 22.3 Å². The second-order valence-corrected chi connectivity index (χ2v) is 9.43. The maximum absolute atomic E-state index is 12.9. The number of carbonyl (C=O) groups excluding carboxylic acids is 3. The van der Waals surface area contributed by atoms with E-state index in [-0.39, 0.29) is 23.8 Å². The van der Waals surface area contributed by atoms with Gasteiger partial charge in [-0.15, -0.1) is 0 Å². The highest BCUT2D eigenvalue weighted by atomic mass is 79.9. The number of carbonyl (C=O) groups is 3. The smallest absolute Gasteiger partial charge is 0.251 e. The maximum atomic E-state index is 12.9. The zero-order valence-corrected chi connectivity index (χ0v) is 18.6. The molecule has 2 saturated heterocycles. The first-order valence-electron chi connectivity index (χ1n) is 9.80. The standard InChI is InChI=1S/C22H22BrN3O3S/c23-16-8-6-15(7-9-16)20(27)24-17-10-19-21(28)25-18(22(29)26(19)11-17)13-30-12-14-4-2-1-3-5-14/h1-9,17-19H,10-13H2,(H,24,27)(H,25,28)/t17-,18-,19-/m0/s1. The van der Waals surface area contributed by atoms with Gasteiger partial charge in [0.15, 0.2) is 0 Å². The van der Waals surface area contributed by atoms with Gasteiger partial charge in [-0.1, -0.05) is 46.3 Å². The number of amides is 3. The molecule has 0 aromatic heterocycles. The number of nitrogens with one attached hydrogen (secondary N) is 2. The van der Waals surface area contributed by atoms with Crippen molar-refractivity contribution in [3.63, 3.8) is 0 Å². The Labute approximate surface area is 187 Å². The molecule has 0 radical (unpaired) electrons. The molecule has 30 heavy (non-hydrogen) atoms. The molecule has 3 atom stereocenters. The van der Waals surface area contributed by atoms with Gasteiger partial charge in [0.2, 0.25) is 11.8 Å². The lowest BCUT2D eigenvalue weighted by Gasteiger charge is -2.34. The van der Waals surface area contributed by atoms with Crippen LogP contribution in [0.4, 0.5) is 0 Å². The van der Waals surface area contributed by atoms with E-state index in [1.54, 1.807) is 28.8 Å². The van der Waals surface area contributed by atoms with Gasteiger partial charge in [0, 0.05) is 34.1 Å². The lowest BCUT2D eigenvalue weighted by atomic mass is 10.1. The molecular formula is C22H22BrN3O3S. The number of hydrogen-bond acceptors (Lipinski definition) is 4. The first kappa shape index (κ1) is 20.9. The fraction of sp³-hybridized carbons (Fsp3) is 0.318. The summed E-state index contributed by atoms with van der Waals surface area (Å²) in [6, 6.07) is 15.8. The van der Waals surface area contributed by atoms with Gasteiger partial charge in [-0.05, 0) is 36.2 Å². The number of rotatable bonds is 6. The van der Waals surface area contributed by atoms with E-state index in [1.165, 1.54) is 5.56 Å². The van der Waals surface area contributed by atoms with Crippen molar-refractivity contribution in [3.8, 4) is 0 Å². The van der Waals surface area contributed by atoms with Gasteiger partial charge in [0.05, 0.1) is 0 Å². The SMILES string of the molecule is O=C(N[C@H]1C[C@H]2C(=O)N[C@@H](CSCc3ccccc3)C(=O)N2C1)c1ccc(Br)cc1. The highest BCUT2D eigenvalue weighted by Crippen LogP contribution is 2.25. The van der Waals surface area contributed by atoms with Gasteiger partial charge in [-0.3, -0.25) is 14.4 Å². The van der Waals surface area contributed by atoms with Crippen LogP contribution in [0.5, 0.6) is 0 Å². The molecule has 0 unspecified atom stereocenters. The van der Waals surface area contributed by atoms with Gasteiger partial charge in [0.1, 0.15) is 12.1 Å². The van der Waals surface area contributed by atoms with E-state index in [2.05, 4.69) is 26.6 Å². The molecule has 0 aliphatic carbocycles. The van der Waals surface area contributed by atoms with Crippen LogP contribution in [-0.4, -0.2) is 53.0 Å². The molecule has 3 amide bonds. The lowest BCUT2D eigenvalue weighted by molar-refractivity contribution is -0.146. The number of thioether (sulfide) groups is 1. The third kappa shape index (κ3) is 4.70. The minimum absolute atomic E-state index is 0.0689. The Morgan fingerprint density at radius 1 is 1.13 bits per heavy atom. The molecule has 2 fully saturated rings. The van der Waals surface area contributed by atoms with Crippen LogP contribution in [-0.2, 0) is 15.3 Å². The van der Waals surface area contributed by atoms with Crippen LogP contribution < -0.4 is 10.6 Å². The van der Waals surface area contributed by atoms with Crippen LogP contribution in [0.15, 0.2) is 59.1 Å². The average molecular weight is 488 g/mol. The van der Waals surface area contributed by atoms with E-state index in [1.807, 2.05) is 42.5 Å². The molecule has 2 heterocycles. The van der Waals surface area contributed by atoms with E-state index in [4.69, 9.17) is 0 Å². The van der Waals surface area contributed by atoms with Crippen LogP contribution >= 0.6 is 27.7 Å². The number of piperazine rings is 1. The van der Waals surface area contributed by atoms with Crippen molar-refractivity contribution < 1.29 is 14.4 Å². The minimum atomic E-state index is -0.525. The molecule has 2 aromatic rings. The normalized spacial score (nSPS) is 23.1. The summed E-state index contributed by atoms with van der Waals surface area (Å²) in [4.78, 5) is 39.6. The van der Waals surface area contributed by atoms with Crippen LogP contribution in [0.25, 0.3) is 0 Å². The molecule has 2 N–H and O–H groups in total. The molecule has 2 aliphatic heterocycles. The molecule has 4 rings (SSSR count). The largest absolute Gasteiger partial charge is 0.347 e. The third-order valence-electron chi connectivity index (χ3n) is 5.34. The van der Waals surface area contributed by atoms with Crippen molar-refractivity contribution in [1.82, 2.24) is 15.5 Å². The number of fused-ring (bicyclic) bond motifs is 1. The molecule has 0 spiro atoms. The zero-order chi connectivity index (χ0) is 21.1. The molecule has 0 saturated carbocycles. The van der Waals surface area contributed by atoms with Crippen molar-refractivity contribution in [3.05, 3.63) is 70.2 Å². The summed E-state index contributed by atoms with van der Waals surface area (Å²) in [7, 11) is 0. The summed E-state index contributed by atoms with van der Waals surface area (Å²) in [6.07, 6.45) is 0.434. The Hall–Kier alpha value is -2.32. The number of benzene rings is 2.